The molecule has 0 aliphatic heterocycles. The fourth-order valence-corrected chi connectivity index (χ4v) is 4.71. The van der Waals surface area contributed by atoms with Gasteiger partial charge in [-0.15, -0.1) is 0 Å². The van der Waals surface area contributed by atoms with E-state index in [0.29, 0.717) is 22.6 Å². The summed E-state index contributed by atoms with van der Waals surface area (Å²) in [6.07, 6.45) is 1.35. The van der Waals surface area contributed by atoms with Crippen LogP contribution < -0.4 is 5.43 Å². The Hall–Kier alpha value is -4.47. The van der Waals surface area contributed by atoms with Crippen LogP contribution in [0.15, 0.2) is 105 Å². The molecular formula is C29H20BrClN4O4. The maximum atomic E-state index is 12.6. The summed E-state index contributed by atoms with van der Waals surface area (Å²) >= 11 is 9.23. The van der Waals surface area contributed by atoms with Gasteiger partial charge in [0, 0.05) is 28.6 Å². The van der Waals surface area contributed by atoms with Crippen LogP contribution in [0, 0.1) is 17.0 Å². The number of rotatable bonds is 7. The van der Waals surface area contributed by atoms with E-state index in [0.717, 1.165) is 22.6 Å². The van der Waals surface area contributed by atoms with Gasteiger partial charge in [0.25, 0.3) is 11.6 Å². The summed E-state index contributed by atoms with van der Waals surface area (Å²) in [7, 11) is 0. The van der Waals surface area contributed by atoms with E-state index in [1.807, 2.05) is 37.3 Å². The van der Waals surface area contributed by atoms with Crippen molar-refractivity contribution in [2.45, 2.75) is 6.92 Å². The number of furan rings is 1. The fourth-order valence-electron chi connectivity index (χ4n) is 4.12. The van der Waals surface area contributed by atoms with Gasteiger partial charge >= 0.3 is 0 Å². The van der Waals surface area contributed by atoms with Gasteiger partial charge in [0.2, 0.25) is 0 Å². The monoisotopic (exact) mass is 602 g/mol. The van der Waals surface area contributed by atoms with Crippen molar-refractivity contribution >= 4 is 45.3 Å². The van der Waals surface area contributed by atoms with E-state index in [-0.39, 0.29) is 21.1 Å². The normalized spacial score (nSPS) is 11.2. The molecule has 0 aliphatic rings. The first kappa shape index (κ1) is 26.1. The molecule has 0 saturated carbocycles. The molecule has 194 valence electrons. The summed E-state index contributed by atoms with van der Waals surface area (Å²) < 4.78 is 8.04. The summed E-state index contributed by atoms with van der Waals surface area (Å²) in [5.74, 6) is 0.331. The van der Waals surface area contributed by atoms with Crippen molar-refractivity contribution in [3.8, 4) is 28.3 Å². The minimum absolute atomic E-state index is 0.175. The van der Waals surface area contributed by atoms with Crippen molar-refractivity contribution in [3.05, 3.63) is 128 Å². The maximum absolute atomic E-state index is 12.6. The molecule has 10 heteroatoms. The smallest absolute Gasteiger partial charge is 0.285 e. The molecule has 1 amide bonds. The Balaban J connectivity index is 1.27. The number of carbonyl (C=O) groups is 1. The maximum Gasteiger partial charge on any atom is 0.285 e. The second kappa shape index (κ2) is 11.1. The molecule has 0 spiro atoms. The largest absolute Gasteiger partial charge is 0.455 e. The van der Waals surface area contributed by atoms with E-state index in [1.54, 1.807) is 30.3 Å². The zero-order chi connectivity index (χ0) is 27.5. The number of benzene rings is 3. The van der Waals surface area contributed by atoms with Crippen molar-refractivity contribution in [3.63, 3.8) is 0 Å². The Kier molecular flexibility index (Phi) is 7.44. The predicted octanol–water partition coefficient (Wildman–Crippen LogP) is 7.80. The molecule has 3 aromatic carbocycles. The Bertz CT molecular complexity index is 1710. The number of amides is 1. The lowest BCUT2D eigenvalue weighted by atomic mass is 10.1. The second-order valence-corrected chi connectivity index (χ2v) is 9.76. The third-order valence-corrected chi connectivity index (χ3v) is 7.37. The number of hydrazone groups is 1. The number of aromatic nitrogens is 1. The van der Waals surface area contributed by atoms with Crippen LogP contribution in [0.5, 0.6) is 0 Å². The zero-order valence-electron chi connectivity index (χ0n) is 20.5. The van der Waals surface area contributed by atoms with Gasteiger partial charge in [-0.05, 0) is 83.0 Å². The van der Waals surface area contributed by atoms with E-state index in [4.69, 9.17) is 16.0 Å². The summed E-state index contributed by atoms with van der Waals surface area (Å²) in [5.41, 5.74) is 7.37. The average molecular weight is 604 g/mol. The van der Waals surface area contributed by atoms with E-state index >= 15 is 0 Å². The molecule has 5 rings (SSSR count). The fraction of sp³-hybridized carbons (Fsp3) is 0.0345. The number of hydrogen-bond acceptors (Lipinski definition) is 5. The molecule has 8 nitrogen and oxygen atoms in total. The molecule has 0 fully saturated rings. The molecule has 39 heavy (non-hydrogen) atoms. The molecule has 0 saturated heterocycles. The van der Waals surface area contributed by atoms with Crippen LogP contribution in [0.1, 0.15) is 21.8 Å². The molecule has 0 bridgehead atoms. The lowest BCUT2D eigenvalue weighted by Crippen LogP contribution is -2.17. The van der Waals surface area contributed by atoms with Crippen LogP contribution in [-0.4, -0.2) is 21.6 Å². The summed E-state index contributed by atoms with van der Waals surface area (Å²) in [6, 6.07) is 27.7. The SMILES string of the molecule is Cc1ccc(-c2ccccc2)n1-c1ccc(C(=O)N/N=C/c2ccc(-c3cc(Cl)c(Br)c([N+](=O)[O-])c3)o2)cc1. The highest BCUT2D eigenvalue weighted by atomic mass is 79.9. The number of hydrogen-bond donors (Lipinski definition) is 1. The van der Waals surface area contributed by atoms with Crippen LogP contribution in [0.2, 0.25) is 5.02 Å². The number of carbonyl (C=O) groups excluding carboxylic acids is 1. The predicted molar refractivity (Wildman–Crippen MR) is 155 cm³/mol. The minimum Gasteiger partial charge on any atom is -0.455 e. The highest BCUT2D eigenvalue weighted by molar-refractivity contribution is 9.10. The number of nitrogens with zero attached hydrogens (tertiary/aromatic N) is 3. The molecule has 0 radical (unpaired) electrons. The topological polar surface area (TPSA) is 103 Å². The summed E-state index contributed by atoms with van der Waals surface area (Å²) in [6.45, 7) is 2.04. The van der Waals surface area contributed by atoms with Crippen LogP contribution in [0.3, 0.4) is 0 Å². The molecule has 2 aromatic heterocycles. The van der Waals surface area contributed by atoms with Crippen molar-refractivity contribution in [2.24, 2.45) is 5.10 Å². The van der Waals surface area contributed by atoms with E-state index in [2.05, 4.69) is 55.3 Å². The van der Waals surface area contributed by atoms with Crippen molar-refractivity contribution < 1.29 is 14.1 Å². The highest BCUT2D eigenvalue weighted by Gasteiger charge is 2.19. The number of nitro benzene ring substituents is 1. The van der Waals surface area contributed by atoms with Crippen molar-refractivity contribution in [1.82, 2.24) is 9.99 Å². The quantitative estimate of drug-likeness (QED) is 0.116. The molecule has 1 N–H and O–H groups in total. The second-order valence-electron chi connectivity index (χ2n) is 8.56. The Labute approximate surface area is 236 Å². The molecule has 0 unspecified atom stereocenters. The van der Waals surface area contributed by atoms with Crippen LogP contribution >= 0.6 is 27.5 Å². The van der Waals surface area contributed by atoms with E-state index < -0.39 is 4.92 Å². The Morgan fingerprint density at radius 3 is 2.49 bits per heavy atom. The Morgan fingerprint density at radius 1 is 1.03 bits per heavy atom. The third kappa shape index (κ3) is 5.55. The van der Waals surface area contributed by atoms with Gasteiger partial charge in [0.05, 0.1) is 21.9 Å². The molecule has 0 aliphatic carbocycles. The standard InChI is InChI=1S/C29H20BrClN4O4/c1-18-7-13-25(19-5-3-2-4-6-19)34(18)22-10-8-20(9-11-22)29(36)33-32-17-23-12-14-27(39-23)21-15-24(31)28(30)26(16-21)35(37)38/h2-17H,1H3,(H,33,36)/b32-17+. The van der Waals surface area contributed by atoms with E-state index in [9.17, 15) is 14.9 Å². The molecular weight excluding hydrogens is 584 g/mol. The van der Waals surface area contributed by atoms with Crippen molar-refractivity contribution in [1.29, 1.82) is 0 Å². The zero-order valence-corrected chi connectivity index (χ0v) is 22.8. The number of aryl methyl sites for hydroxylation is 1. The van der Waals surface area contributed by atoms with Crippen LogP contribution in [0.25, 0.3) is 28.3 Å². The van der Waals surface area contributed by atoms with Gasteiger partial charge in [-0.1, -0.05) is 41.9 Å². The average Bonchev–Trinajstić information content (AvgIpc) is 3.57. The highest BCUT2D eigenvalue weighted by Crippen LogP contribution is 2.37. The van der Waals surface area contributed by atoms with Gasteiger partial charge in [0.15, 0.2) is 0 Å². The first-order valence-electron chi connectivity index (χ1n) is 11.7. The Morgan fingerprint density at radius 2 is 1.77 bits per heavy atom. The number of halogens is 2. The molecule has 2 heterocycles. The van der Waals surface area contributed by atoms with Crippen LogP contribution in [-0.2, 0) is 0 Å². The van der Waals surface area contributed by atoms with Gasteiger partial charge in [-0.25, -0.2) is 5.43 Å². The van der Waals surface area contributed by atoms with Crippen molar-refractivity contribution in [2.75, 3.05) is 0 Å². The van der Waals surface area contributed by atoms with E-state index in [1.165, 1.54) is 12.3 Å². The molecule has 0 atom stereocenters. The lowest BCUT2D eigenvalue weighted by Gasteiger charge is -2.12. The van der Waals surface area contributed by atoms with Gasteiger partial charge in [-0.3, -0.25) is 14.9 Å². The summed E-state index contributed by atoms with van der Waals surface area (Å²) in [5, 5.41) is 15.4. The number of nitro groups is 1. The van der Waals surface area contributed by atoms with Crippen LogP contribution in [0.4, 0.5) is 5.69 Å². The first-order valence-corrected chi connectivity index (χ1v) is 12.9. The summed E-state index contributed by atoms with van der Waals surface area (Å²) in [4.78, 5) is 23.4. The molecule has 5 aromatic rings. The third-order valence-electron chi connectivity index (χ3n) is 6.01. The minimum atomic E-state index is -0.533. The van der Waals surface area contributed by atoms with Gasteiger partial charge in [-0.2, -0.15) is 5.10 Å². The lowest BCUT2D eigenvalue weighted by molar-refractivity contribution is -0.385. The number of nitrogens with one attached hydrogen (secondary N) is 1. The first-order chi connectivity index (χ1) is 18.8. The van der Waals surface area contributed by atoms with Gasteiger partial charge < -0.3 is 8.98 Å². The van der Waals surface area contributed by atoms with Gasteiger partial charge in [0.1, 0.15) is 16.0 Å².